The van der Waals surface area contributed by atoms with Gasteiger partial charge in [0.25, 0.3) is 5.91 Å². The Balaban J connectivity index is 1.32. The molecule has 1 heterocycles. The van der Waals surface area contributed by atoms with Crippen LogP contribution in [0.1, 0.15) is 6.92 Å². The largest absolute Gasteiger partial charge is 0.484 e. The van der Waals surface area contributed by atoms with Gasteiger partial charge in [-0.05, 0) is 42.0 Å². The van der Waals surface area contributed by atoms with Crippen LogP contribution in [0.5, 0.6) is 5.75 Å². The highest BCUT2D eigenvalue weighted by Gasteiger charge is 2.06. The van der Waals surface area contributed by atoms with E-state index in [9.17, 15) is 4.79 Å². The molecule has 4 rings (SSSR count). The molecule has 0 unspecified atom stereocenters. The molecule has 0 fully saturated rings. The van der Waals surface area contributed by atoms with Crippen LogP contribution in [0.4, 0.5) is 0 Å². The Morgan fingerprint density at radius 2 is 1.86 bits per heavy atom. The number of nitrogens with one attached hydrogen (secondary N) is 1. The molecule has 0 spiro atoms. The van der Waals surface area contributed by atoms with E-state index in [2.05, 4.69) is 20.8 Å². The van der Waals surface area contributed by atoms with Crippen LogP contribution in [-0.4, -0.2) is 33.2 Å². The fourth-order valence-corrected chi connectivity index (χ4v) is 2.88. The van der Waals surface area contributed by atoms with Crippen molar-refractivity contribution in [2.75, 3.05) is 6.61 Å². The molecule has 140 valence electrons. The van der Waals surface area contributed by atoms with Crippen molar-refractivity contribution < 1.29 is 9.53 Å². The summed E-state index contributed by atoms with van der Waals surface area (Å²) < 4.78 is 7.30. The number of para-hydroxylation sites is 1. The first-order valence-electron chi connectivity index (χ1n) is 8.91. The number of hydrogen-bond acceptors (Lipinski definition) is 5. The fraction of sp³-hybridized carbons (Fsp3) is 0.143. The number of benzene rings is 3. The monoisotopic (exact) mass is 373 g/mol. The number of carbonyl (C=O) groups excluding carboxylic acids is 1. The normalized spacial score (nSPS) is 11.7. The van der Waals surface area contributed by atoms with Gasteiger partial charge >= 0.3 is 0 Å². The predicted molar refractivity (Wildman–Crippen MR) is 108 cm³/mol. The van der Waals surface area contributed by atoms with Crippen molar-refractivity contribution in [1.82, 2.24) is 20.4 Å². The Morgan fingerprint density at radius 1 is 1.07 bits per heavy atom. The van der Waals surface area contributed by atoms with Gasteiger partial charge in [-0.3, -0.25) is 4.79 Å². The van der Waals surface area contributed by atoms with Crippen molar-refractivity contribution in [2.24, 2.45) is 5.10 Å². The highest BCUT2D eigenvalue weighted by molar-refractivity contribution is 5.86. The predicted octanol–water partition coefficient (Wildman–Crippen LogP) is 3.16. The molecule has 7 nitrogen and oxygen atoms in total. The molecule has 1 aromatic heterocycles. The summed E-state index contributed by atoms with van der Waals surface area (Å²) in [5.74, 6) is 0.319. The van der Waals surface area contributed by atoms with Crippen molar-refractivity contribution in [3.8, 4) is 5.75 Å². The van der Waals surface area contributed by atoms with E-state index >= 15 is 0 Å². The number of fused-ring (bicyclic) bond motifs is 2. The molecule has 0 radical (unpaired) electrons. The molecule has 28 heavy (non-hydrogen) atoms. The number of aromatic nitrogens is 3. The molecule has 0 saturated heterocycles. The van der Waals surface area contributed by atoms with Crippen LogP contribution in [0.25, 0.3) is 21.8 Å². The zero-order valence-corrected chi connectivity index (χ0v) is 15.4. The lowest BCUT2D eigenvalue weighted by atomic mass is 10.1. The Morgan fingerprint density at radius 3 is 2.75 bits per heavy atom. The second kappa shape index (κ2) is 7.87. The number of ether oxygens (including phenoxy) is 1. The first kappa shape index (κ1) is 17.7. The molecule has 1 amide bonds. The van der Waals surface area contributed by atoms with E-state index in [1.165, 1.54) is 0 Å². The lowest BCUT2D eigenvalue weighted by Gasteiger charge is -2.07. The van der Waals surface area contributed by atoms with E-state index in [1.54, 1.807) is 4.68 Å². The van der Waals surface area contributed by atoms with Gasteiger partial charge in [-0.2, -0.15) is 5.10 Å². The van der Waals surface area contributed by atoms with Crippen LogP contribution < -0.4 is 10.2 Å². The average molecular weight is 373 g/mol. The summed E-state index contributed by atoms with van der Waals surface area (Å²) in [5.41, 5.74) is 4.96. The summed E-state index contributed by atoms with van der Waals surface area (Å²) in [6.45, 7) is 2.15. The van der Waals surface area contributed by atoms with E-state index in [1.807, 2.05) is 73.7 Å². The van der Waals surface area contributed by atoms with E-state index in [4.69, 9.17) is 4.74 Å². The lowest BCUT2D eigenvalue weighted by molar-refractivity contribution is -0.123. The number of hydrazone groups is 1. The molecule has 3 aromatic carbocycles. The van der Waals surface area contributed by atoms with Crippen molar-refractivity contribution in [2.45, 2.75) is 13.5 Å². The highest BCUT2D eigenvalue weighted by Crippen LogP contribution is 2.20. The van der Waals surface area contributed by atoms with Gasteiger partial charge in [-0.1, -0.05) is 47.7 Å². The summed E-state index contributed by atoms with van der Waals surface area (Å²) in [5, 5.41) is 14.5. The van der Waals surface area contributed by atoms with Crippen LogP contribution >= 0.6 is 0 Å². The van der Waals surface area contributed by atoms with Gasteiger partial charge in [-0.25, -0.2) is 10.1 Å². The maximum absolute atomic E-state index is 12.0. The Labute approximate surface area is 161 Å². The molecule has 7 heteroatoms. The second-order valence-electron chi connectivity index (χ2n) is 6.42. The maximum Gasteiger partial charge on any atom is 0.277 e. The van der Waals surface area contributed by atoms with E-state index in [0.717, 1.165) is 21.8 Å². The summed E-state index contributed by atoms with van der Waals surface area (Å²) in [4.78, 5) is 12.0. The number of carbonyl (C=O) groups is 1. The van der Waals surface area contributed by atoms with Crippen LogP contribution in [0.3, 0.4) is 0 Å². The maximum atomic E-state index is 12.0. The van der Waals surface area contributed by atoms with Crippen molar-refractivity contribution >= 4 is 33.4 Å². The van der Waals surface area contributed by atoms with Crippen molar-refractivity contribution in [3.05, 3.63) is 66.7 Å². The van der Waals surface area contributed by atoms with Crippen molar-refractivity contribution in [3.63, 3.8) is 0 Å². The van der Waals surface area contributed by atoms with Crippen LogP contribution in [0.15, 0.2) is 71.8 Å². The first-order valence-corrected chi connectivity index (χ1v) is 8.91. The summed E-state index contributed by atoms with van der Waals surface area (Å²) in [7, 11) is 0. The SMILES string of the molecule is C/C(Cn1nnc2ccccc21)=N\NC(=O)COc1ccc2ccccc2c1. The molecule has 0 aliphatic carbocycles. The Kier molecular flexibility index (Phi) is 4.97. The van der Waals surface area contributed by atoms with Gasteiger partial charge in [0.2, 0.25) is 0 Å². The van der Waals surface area contributed by atoms with Gasteiger partial charge in [-0.15, -0.1) is 5.10 Å². The zero-order chi connectivity index (χ0) is 19.3. The molecule has 1 N–H and O–H groups in total. The third-order valence-electron chi connectivity index (χ3n) is 4.26. The summed E-state index contributed by atoms with van der Waals surface area (Å²) in [6.07, 6.45) is 0. The quantitative estimate of drug-likeness (QED) is 0.416. The molecule has 0 aliphatic heterocycles. The highest BCUT2D eigenvalue weighted by atomic mass is 16.5. The molecule has 0 atom stereocenters. The van der Waals surface area contributed by atoms with Crippen LogP contribution in [0, 0.1) is 0 Å². The second-order valence-corrected chi connectivity index (χ2v) is 6.42. The lowest BCUT2D eigenvalue weighted by Crippen LogP contribution is -2.26. The molecular formula is C21H19N5O2. The standard InChI is InChI=1S/C21H19N5O2/c1-15(13-26-20-9-5-4-8-19(20)23-25-26)22-24-21(27)14-28-18-11-10-16-6-2-3-7-17(16)12-18/h2-12H,13-14H2,1H3,(H,24,27)/b22-15+. The summed E-state index contributed by atoms with van der Waals surface area (Å²) >= 11 is 0. The first-order chi connectivity index (χ1) is 13.7. The minimum Gasteiger partial charge on any atom is -0.484 e. The third-order valence-corrected chi connectivity index (χ3v) is 4.26. The minimum absolute atomic E-state index is 0.110. The van der Waals surface area contributed by atoms with Gasteiger partial charge in [0.1, 0.15) is 11.3 Å². The van der Waals surface area contributed by atoms with Crippen molar-refractivity contribution in [1.29, 1.82) is 0 Å². The van der Waals surface area contributed by atoms with Crippen LogP contribution in [0.2, 0.25) is 0 Å². The van der Waals surface area contributed by atoms with Gasteiger partial charge in [0, 0.05) is 0 Å². The fourth-order valence-electron chi connectivity index (χ4n) is 2.88. The molecule has 0 bridgehead atoms. The average Bonchev–Trinajstić information content (AvgIpc) is 3.13. The zero-order valence-electron chi connectivity index (χ0n) is 15.4. The third kappa shape index (κ3) is 3.98. The number of amides is 1. The van der Waals surface area contributed by atoms with E-state index in [-0.39, 0.29) is 12.5 Å². The van der Waals surface area contributed by atoms with Crippen LogP contribution in [-0.2, 0) is 11.3 Å². The molecule has 0 aliphatic rings. The summed E-state index contributed by atoms with van der Waals surface area (Å²) in [6, 6.07) is 21.4. The van der Waals surface area contributed by atoms with Gasteiger partial charge < -0.3 is 4.74 Å². The number of rotatable bonds is 6. The van der Waals surface area contributed by atoms with E-state index < -0.39 is 0 Å². The molecule has 0 saturated carbocycles. The smallest absolute Gasteiger partial charge is 0.277 e. The minimum atomic E-state index is -0.323. The molecular weight excluding hydrogens is 354 g/mol. The Bertz CT molecular complexity index is 1170. The number of hydrogen-bond donors (Lipinski definition) is 1. The van der Waals surface area contributed by atoms with Gasteiger partial charge in [0.15, 0.2) is 6.61 Å². The van der Waals surface area contributed by atoms with Gasteiger partial charge in [0.05, 0.1) is 17.8 Å². The molecule has 4 aromatic rings. The number of nitrogens with zero attached hydrogens (tertiary/aromatic N) is 4. The topological polar surface area (TPSA) is 81.4 Å². The Hall–Kier alpha value is -3.74. The van der Waals surface area contributed by atoms with E-state index in [0.29, 0.717) is 18.0 Å².